The third kappa shape index (κ3) is 11.4. The van der Waals surface area contributed by atoms with Crippen LogP contribution in [0.2, 0.25) is 0 Å². The first-order valence-electron chi connectivity index (χ1n) is 37.8. The topological polar surface area (TPSA) is 384 Å². The van der Waals surface area contributed by atoms with E-state index in [1.165, 1.54) is 12.1 Å². The maximum atomic E-state index is 16.0. The molecule has 4 saturated heterocycles. The molecule has 0 radical (unpaired) electrons. The number of aliphatic hydroxyl groups is 7. The summed E-state index contributed by atoms with van der Waals surface area (Å²) in [6.45, 7) is -1.12. The normalized spacial score (nSPS) is 35.1. The number of hydrogen-bond acceptors (Lipinski definition) is 24. The number of nitrogens with two attached hydrogens (primary N) is 2. The molecular weight excluding hydrogens is 1340 g/mol. The molecule has 17 rings (SSSR count). The zero-order valence-electron chi connectivity index (χ0n) is 58.9. The SMILES string of the molecule is CNCc1cc2cc3c1CC1=C4CC[C@@H]5CCC[C@@H]5N[C@@H]4C4=C(N)NCC=C4[C@]1(CO[C@@H]1[C@H]4Oc5c(cc6c(c5OC[C@H](O)CC=O)C(=O)c5cc(CO)ccc5C6=O)[C@@H](c5ccccc5N5CN[C@@H]6C(=O)N[C@H](N)N[C@H]65)[C@H]5CC[C@H](O)[C@@H](C#C[C@@](O)([C@H]1O)[C@@H](O4)C1(CCCC1)OC5)C2)[C@H](O)[C@@H]3CCO. The molecule has 9 bridgehead atoms. The lowest BCUT2D eigenvalue weighted by molar-refractivity contribution is -0.337. The maximum absolute atomic E-state index is 16.0. The van der Waals surface area contributed by atoms with Crippen LogP contribution in [-0.2, 0) is 49.8 Å². The number of anilines is 1. The highest BCUT2D eigenvalue weighted by atomic mass is 16.7. The van der Waals surface area contributed by atoms with E-state index in [-0.39, 0.29) is 109 Å². The van der Waals surface area contributed by atoms with Crippen LogP contribution in [0.5, 0.6) is 11.5 Å². The number of nitrogens with zero attached hydrogens (tertiary/aromatic N) is 1. The molecule has 6 fully saturated rings. The Morgan fingerprint density at radius 1 is 0.914 bits per heavy atom. The van der Waals surface area contributed by atoms with Gasteiger partial charge in [-0.05, 0) is 164 Å². The number of hydrogen-bond donors (Lipinski definition) is 15. The number of ketones is 2. The third-order valence-electron chi connectivity index (χ3n) is 25.8. The smallest absolute Gasteiger partial charge is 0.242 e. The van der Waals surface area contributed by atoms with Crippen molar-refractivity contribution in [3.8, 4) is 23.3 Å². The van der Waals surface area contributed by atoms with Gasteiger partial charge in [0.1, 0.15) is 55.5 Å². The van der Waals surface area contributed by atoms with E-state index in [0.29, 0.717) is 85.5 Å². The number of benzene rings is 4. The third-order valence-corrected chi connectivity index (χ3v) is 25.8. The Hall–Kier alpha value is -7.46. The summed E-state index contributed by atoms with van der Waals surface area (Å²) >= 11 is 0. The summed E-state index contributed by atoms with van der Waals surface area (Å²) in [4.78, 5) is 60.0. The van der Waals surface area contributed by atoms with Gasteiger partial charge in [-0.2, -0.15) is 0 Å². The highest BCUT2D eigenvalue weighted by molar-refractivity contribution is 6.29. The predicted octanol–water partition coefficient (Wildman–Crippen LogP) is 2.03. The quantitative estimate of drug-likeness (QED) is 0.0483. The van der Waals surface area contributed by atoms with E-state index in [1.807, 2.05) is 36.2 Å². The van der Waals surface area contributed by atoms with Gasteiger partial charge in [-0.3, -0.25) is 30.8 Å². The standard InChI is InChI=1S/C80H95N9O16/c1-83-33-44-28-40-27-42-17-23-80(100)71(98)69(102-37-79-55-18-24-84-72(81)62(55)63-48(15-12-41-7-6-9-57(41)86-63)56(79)32-50(44)51(30-40)47(20-26-91)70(79)97)75-104-67-54(31-53-61(68(67)101-36-45(93)19-25-90)66(96)52-29-39(34-92)11-14-46(52)65(53)95)60(43(13-16-59(42)94)35-103-78(76(80)105-75)21-4-5-22-78)49-8-2-3-10-58(49)89-38-85-64-73(89)87-77(82)88-74(64)99/h2-3,8,10-11,14,18,25,28-31,41-43,45,47,57,59-60,63-64,69-71,73,75-77,83-87,91-94,97-98,100H,4-7,9,12-13,15-16,19-22,24,26-27,32-38,81-82H2,1H3,(H,88,99)/t41-,42-,43-,45+,47+,57-,59-,60+,63-,64-,69-,70+,71-,73-,75-,76-,77+,79-,80+/m0/s1. The second kappa shape index (κ2) is 27.6. The molecule has 5 aliphatic carbocycles. The second-order valence-electron chi connectivity index (χ2n) is 31.5. The van der Waals surface area contributed by atoms with Gasteiger partial charge in [-0.1, -0.05) is 73.6 Å². The van der Waals surface area contributed by atoms with Crippen LogP contribution in [0.15, 0.2) is 94.9 Å². The fourth-order valence-electron chi connectivity index (χ4n) is 20.8. The summed E-state index contributed by atoms with van der Waals surface area (Å²) in [6.07, 6.45) is -3.77. The molecule has 0 unspecified atom stereocenters. The Bertz CT molecular complexity index is 4350. The van der Waals surface area contributed by atoms with Crippen molar-refractivity contribution >= 4 is 29.4 Å². The maximum Gasteiger partial charge on any atom is 0.242 e. The monoisotopic (exact) mass is 1440 g/mol. The number of dihydropyridines is 1. The minimum absolute atomic E-state index is 0.0342. The number of aliphatic hydroxyl groups excluding tert-OH is 6. The lowest BCUT2D eigenvalue weighted by atomic mass is 9.57. The zero-order valence-corrected chi connectivity index (χ0v) is 58.9. The predicted molar refractivity (Wildman–Crippen MR) is 382 cm³/mol. The highest BCUT2D eigenvalue weighted by Crippen LogP contribution is 2.61. The Kier molecular flexibility index (Phi) is 18.6. The van der Waals surface area contributed by atoms with Gasteiger partial charge in [-0.25, -0.2) is 0 Å². The minimum Gasteiger partial charge on any atom is -0.486 e. The molecule has 8 aliphatic heterocycles. The van der Waals surface area contributed by atoms with Gasteiger partial charge in [0.25, 0.3) is 0 Å². The van der Waals surface area contributed by atoms with Crippen LogP contribution in [0, 0.1) is 35.0 Å². The van der Waals surface area contributed by atoms with Gasteiger partial charge in [-0.15, -0.1) is 0 Å². The van der Waals surface area contributed by atoms with Crippen molar-refractivity contribution in [2.24, 2.45) is 34.6 Å². The second-order valence-corrected chi connectivity index (χ2v) is 31.5. The molecule has 4 aromatic rings. The van der Waals surface area contributed by atoms with Gasteiger partial charge in [0.05, 0.1) is 73.3 Å². The molecule has 8 heterocycles. The Balaban J connectivity index is 0.962. The van der Waals surface area contributed by atoms with Gasteiger partial charge in [0, 0.05) is 77.5 Å². The number of rotatable bonds is 12. The molecule has 25 nitrogen and oxygen atoms in total. The van der Waals surface area contributed by atoms with Crippen molar-refractivity contribution in [3.05, 3.63) is 156 Å². The van der Waals surface area contributed by atoms with Crippen molar-refractivity contribution in [1.82, 2.24) is 31.9 Å². The number of amides is 1. The molecule has 17 N–H and O–H groups in total. The lowest BCUT2D eigenvalue weighted by Crippen LogP contribution is -2.73. The summed E-state index contributed by atoms with van der Waals surface area (Å²) in [5.74, 6) is 1.71. The lowest BCUT2D eigenvalue weighted by Gasteiger charge is -2.54. The summed E-state index contributed by atoms with van der Waals surface area (Å²) in [6, 6.07) is 17.0. The number of aldehydes is 1. The first-order chi connectivity index (χ1) is 50.9. The van der Waals surface area contributed by atoms with E-state index in [0.717, 1.165) is 64.7 Å². The van der Waals surface area contributed by atoms with Crippen LogP contribution in [0.25, 0.3) is 0 Å². The summed E-state index contributed by atoms with van der Waals surface area (Å²) in [5, 5.41) is 111. The molecular formula is C80H95N9O16. The van der Waals surface area contributed by atoms with E-state index in [9.17, 15) is 45.3 Å². The summed E-state index contributed by atoms with van der Waals surface area (Å²) < 4.78 is 37.7. The van der Waals surface area contributed by atoms with Crippen molar-refractivity contribution in [1.29, 1.82) is 0 Å². The number of nitrogens with one attached hydrogen (secondary N) is 6. The van der Waals surface area contributed by atoms with Crippen LogP contribution in [-0.4, -0.2) is 191 Å². The summed E-state index contributed by atoms with van der Waals surface area (Å²) in [7, 11) is 1.90. The number of ether oxygens (including phenoxy) is 5. The van der Waals surface area contributed by atoms with Crippen molar-refractivity contribution in [3.63, 3.8) is 0 Å². The molecule has 25 heteroatoms. The molecule has 2 spiro atoms. The first kappa shape index (κ1) is 70.5. The fraction of sp³-hybridized carbons (Fsp3) is 0.550. The van der Waals surface area contributed by atoms with Crippen molar-refractivity contribution in [2.75, 3.05) is 51.6 Å². The minimum atomic E-state index is -2.62. The molecule has 1 amide bonds. The zero-order chi connectivity index (χ0) is 72.5. The van der Waals surface area contributed by atoms with Gasteiger partial charge >= 0.3 is 0 Å². The Morgan fingerprint density at radius 2 is 1.75 bits per heavy atom. The van der Waals surface area contributed by atoms with E-state index >= 15 is 9.59 Å². The van der Waals surface area contributed by atoms with Crippen LogP contribution in [0.1, 0.15) is 166 Å². The van der Waals surface area contributed by atoms with E-state index in [2.05, 4.69) is 62.0 Å². The molecule has 556 valence electrons. The van der Waals surface area contributed by atoms with Gasteiger partial charge in [0.15, 0.2) is 28.7 Å². The van der Waals surface area contributed by atoms with Crippen LogP contribution >= 0.6 is 0 Å². The molecule has 0 aromatic heterocycles. The average molecular weight is 1440 g/mol. The molecule has 4 aromatic carbocycles. The Morgan fingerprint density at radius 3 is 2.56 bits per heavy atom. The molecule has 105 heavy (non-hydrogen) atoms. The number of carbonyl (C=O) groups excluding carboxylic acids is 4. The molecule has 13 aliphatic rings. The van der Waals surface area contributed by atoms with E-state index in [4.69, 9.17) is 35.2 Å². The highest BCUT2D eigenvalue weighted by Gasteiger charge is 2.66. The molecule has 2 saturated carbocycles. The van der Waals surface area contributed by atoms with Gasteiger partial charge < -0.3 is 96.1 Å². The number of carbonyl (C=O) groups is 4. The fourth-order valence-corrected chi connectivity index (χ4v) is 20.8. The van der Waals surface area contributed by atoms with E-state index in [1.54, 1.807) is 12.1 Å². The first-order valence-corrected chi connectivity index (χ1v) is 37.8. The van der Waals surface area contributed by atoms with Gasteiger partial charge in [0.2, 0.25) is 12.2 Å². The number of fused-ring (bicyclic) bond motifs is 16. The van der Waals surface area contributed by atoms with E-state index < -0.39 is 140 Å². The average Bonchev–Trinajstić information content (AvgIpc) is 1.66. The summed E-state index contributed by atoms with van der Waals surface area (Å²) in [5.41, 5.74) is 16.6. The number of para-hydroxylation sites is 1. The molecule has 19 atom stereocenters. The van der Waals surface area contributed by atoms with Crippen LogP contribution in [0.4, 0.5) is 5.69 Å². The van der Waals surface area contributed by atoms with Crippen molar-refractivity contribution < 1.29 is 78.6 Å². The largest absolute Gasteiger partial charge is 0.486 e. The van der Waals surface area contributed by atoms with Crippen LogP contribution in [0.3, 0.4) is 0 Å². The van der Waals surface area contributed by atoms with Crippen molar-refractivity contribution in [2.45, 2.75) is 206 Å². The Labute approximate surface area is 608 Å². The van der Waals surface area contributed by atoms with Crippen LogP contribution < -0.4 is 57.7 Å².